The number of oxazole rings is 1. The van der Waals surface area contributed by atoms with Gasteiger partial charge >= 0.3 is 0 Å². The fourth-order valence-corrected chi connectivity index (χ4v) is 3.72. The standard InChI is InChI=1S/C25H29N5O2/c1-2-26-25(28-16-22-18-32-24(29-22)19-9-4-3-5-10-19)27-15-20-11-6-7-12-21(20)17-30-14-8-13-23(30)31/h3-7,9-12,18H,2,8,13-17H2,1H3,(H2,26,27,28). The van der Waals surface area contributed by atoms with Crippen LogP contribution in [0, 0.1) is 0 Å². The molecule has 32 heavy (non-hydrogen) atoms. The van der Waals surface area contributed by atoms with Gasteiger partial charge in [-0.2, -0.15) is 0 Å². The van der Waals surface area contributed by atoms with Crippen molar-refractivity contribution in [3.8, 4) is 11.5 Å². The van der Waals surface area contributed by atoms with E-state index in [-0.39, 0.29) is 5.91 Å². The Bertz CT molecular complexity index is 1060. The van der Waals surface area contributed by atoms with Crippen molar-refractivity contribution in [1.82, 2.24) is 20.5 Å². The summed E-state index contributed by atoms with van der Waals surface area (Å²) in [6.45, 7) is 5.31. The van der Waals surface area contributed by atoms with Crippen molar-refractivity contribution < 1.29 is 9.21 Å². The van der Waals surface area contributed by atoms with E-state index in [1.165, 1.54) is 0 Å². The lowest BCUT2D eigenvalue weighted by molar-refractivity contribution is -0.128. The molecule has 1 aliphatic heterocycles. The Morgan fingerprint density at radius 1 is 1.09 bits per heavy atom. The van der Waals surface area contributed by atoms with Crippen molar-refractivity contribution >= 4 is 11.9 Å². The van der Waals surface area contributed by atoms with E-state index in [4.69, 9.17) is 9.41 Å². The summed E-state index contributed by atoms with van der Waals surface area (Å²) >= 11 is 0. The minimum Gasteiger partial charge on any atom is -0.444 e. The zero-order valence-corrected chi connectivity index (χ0v) is 18.4. The zero-order valence-electron chi connectivity index (χ0n) is 18.4. The molecule has 0 spiro atoms. The lowest BCUT2D eigenvalue weighted by Crippen LogP contribution is -2.36. The van der Waals surface area contributed by atoms with Crippen LogP contribution in [0.5, 0.6) is 0 Å². The minimum atomic E-state index is 0.237. The van der Waals surface area contributed by atoms with Gasteiger partial charge in [0.2, 0.25) is 11.8 Å². The normalized spacial score (nSPS) is 14.1. The highest BCUT2D eigenvalue weighted by atomic mass is 16.3. The number of rotatable bonds is 8. The molecule has 2 aromatic carbocycles. The van der Waals surface area contributed by atoms with Gasteiger partial charge in [-0.1, -0.05) is 42.5 Å². The van der Waals surface area contributed by atoms with Crippen LogP contribution in [0.3, 0.4) is 0 Å². The number of amides is 1. The number of nitrogens with zero attached hydrogens (tertiary/aromatic N) is 3. The molecule has 0 bridgehead atoms. The van der Waals surface area contributed by atoms with E-state index in [0.717, 1.165) is 41.9 Å². The van der Waals surface area contributed by atoms with Crippen LogP contribution in [0.1, 0.15) is 36.6 Å². The van der Waals surface area contributed by atoms with Crippen LogP contribution in [0.2, 0.25) is 0 Å². The van der Waals surface area contributed by atoms with Gasteiger partial charge in [0.15, 0.2) is 5.96 Å². The number of hydrogen-bond acceptors (Lipinski definition) is 4. The first-order valence-electron chi connectivity index (χ1n) is 11.1. The Hall–Kier alpha value is -3.61. The molecule has 0 unspecified atom stereocenters. The molecular formula is C25H29N5O2. The molecule has 4 rings (SSSR count). The molecule has 0 radical (unpaired) electrons. The average molecular weight is 432 g/mol. The van der Waals surface area contributed by atoms with Crippen LogP contribution in [0.15, 0.2) is 70.3 Å². The molecule has 1 amide bonds. The van der Waals surface area contributed by atoms with Crippen LogP contribution in [0.4, 0.5) is 0 Å². The van der Waals surface area contributed by atoms with Crippen LogP contribution >= 0.6 is 0 Å². The minimum absolute atomic E-state index is 0.237. The van der Waals surface area contributed by atoms with Crippen molar-refractivity contribution in [2.24, 2.45) is 4.99 Å². The molecule has 1 fully saturated rings. The van der Waals surface area contributed by atoms with Crippen LogP contribution in [-0.4, -0.2) is 34.8 Å². The molecule has 166 valence electrons. The van der Waals surface area contributed by atoms with Crippen molar-refractivity contribution in [3.63, 3.8) is 0 Å². The van der Waals surface area contributed by atoms with E-state index < -0.39 is 0 Å². The maximum atomic E-state index is 12.0. The van der Waals surface area contributed by atoms with E-state index in [9.17, 15) is 4.79 Å². The van der Waals surface area contributed by atoms with Gasteiger partial charge in [-0.15, -0.1) is 0 Å². The fraction of sp³-hybridized carbons (Fsp3) is 0.320. The first-order chi connectivity index (χ1) is 15.7. The Morgan fingerprint density at radius 2 is 1.88 bits per heavy atom. The summed E-state index contributed by atoms with van der Waals surface area (Å²) in [5.41, 5.74) is 4.03. The van der Waals surface area contributed by atoms with Crippen LogP contribution in [-0.2, 0) is 24.4 Å². The summed E-state index contributed by atoms with van der Waals surface area (Å²) < 4.78 is 5.62. The number of nitrogens with one attached hydrogen (secondary N) is 2. The monoisotopic (exact) mass is 431 g/mol. The molecule has 3 aromatic rings. The van der Waals surface area contributed by atoms with Gasteiger partial charge in [-0.25, -0.2) is 9.98 Å². The molecule has 0 atom stereocenters. The van der Waals surface area contributed by atoms with Gasteiger partial charge in [0.05, 0.1) is 18.8 Å². The molecule has 1 aromatic heterocycles. The number of aromatic nitrogens is 1. The van der Waals surface area contributed by atoms with Gasteiger partial charge in [0.1, 0.15) is 6.26 Å². The van der Waals surface area contributed by atoms with Crippen molar-refractivity contribution in [3.05, 3.63) is 77.7 Å². The fourth-order valence-electron chi connectivity index (χ4n) is 3.72. The lowest BCUT2D eigenvalue weighted by Gasteiger charge is -2.18. The van der Waals surface area contributed by atoms with Gasteiger partial charge in [-0.05, 0) is 36.6 Å². The topological polar surface area (TPSA) is 82.8 Å². The number of hydrogen-bond donors (Lipinski definition) is 2. The number of benzene rings is 2. The maximum absolute atomic E-state index is 12.0. The zero-order chi connectivity index (χ0) is 22.2. The third kappa shape index (κ3) is 5.55. The molecule has 1 aliphatic rings. The summed E-state index contributed by atoms with van der Waals surface area (Å²) in [6, 6.07) is 18.0. The summed E-state index contributed by atoms with van der Waals surface area (Å²) in [5, 5.41) is 6.60. The lowest BCUT2D eigenvalue weighted by atomic mass is 10.1. The smallest absolute Gasteiger partial charge is 0.226 e. The molecular weight excluding hydrogens is 402 g/mol. The van der Waals surface area contributed by atoms with Crippen LogP contribution < -0.4 is 10.6 Å². The second kappa shape index (κ2) is 10.6. The molecule has 0 saturated carbocycles. The predicted octanol–water partition coefficient (Wildman–Crippen LogP) is 3.72. The van der Waals surface area contributed by atoms with E-state index >= 15 is 0 Å². The summed E-state index contributed by atoms with van der Waals surface area (Å²) in [4.78, 5) is 23.3. The van der Waals surface area contributed by atoms with Gasteiger partial charge in [0.25, 0.3) is 0 Å². The number of guanidine groups is 1. The first-order valence-corrected chi connectivity index (χ1v) is 11.1. The Kier molecular flexibility index (Phi) is 7.17. The highest BCUT2D eigenvalue weighted by molar-refractivity contribution is 5.80. The Morgan fingerprint density at radius 3 is 2.62 bits per heavy atom. The Labute approximate surface area is 188 Å². The quantitative estimate of drug-likeness (QED) is 0.420. The van der Waals surface area contributed by atoms with Crippen LogP contribution in [0.25, 0.3) is 11.5 Å². The van der Waals surface area contributed by atoms with E-state index in [2.05, 4.69) is 27.8 Å². The predicted molar refractivity (Wildman–Crippen MR) is 125 cm³/mol. The Balaban J connectivity index is 1.40. The molecule has 1 saturated heterocycles. The van der Waals surface area contributed by atoms with Crippen molar-refractivity contribution in [2.75, 3.05) is 13.1 Å². The summed E-state index contributed by atoms with van der Waals surface area (Å²) in [5.74, 6) is 1.55. The van der Waals surface area contributed by atoms with E-state index in [1.54, 1.807) is 6.26 Å². The van der Waals surface area contributed by atoms with Crippen molar-refractivity contribution in [1.29, 1.82) is 0 Å². The molecule has 0 aliphatic carbocycles. The SMILES string of the molecule is CCNC(=NCc1ccccc1CN1CCCC1=O)NCc1coc(-c2ccccc2)n1. The number of likely N-dealkylation sites (tertiary alicyclic amines) is 1. The van der Waals surface area contributed by atoms with Gasteiger partial charge < -0.3 is 20.0 Å². The number of carbonyl (C=O) groups excluding carboxylic acids is 1. The third-order valence-corrected chi connectivity index (χ3v) is 5.41. The summed E-state index contributed by atoms with van der Waals surface area (Å²) in [7, 11) is 0. The molecule has 7 nitrogen and oxygen atoms in total. The second-order valence-electron chi connectivity index (χ2n) is 7.75. The number of aliphatic imine (C=N–C) groups is 1. The van der Waals surface area contributed by atoms with Gasteiger partial charge in [-0.3, -0.25) is 4.79 Å². The summed E-state index contributed by atoms with van der Waals surface area (Å²) in [6.07, 6.45) is 3.27. The first kappa shape index (κ1) is 21.6. The largest absolute Gasteiger partial charge is 0.444 e. The van der Waals surface area contributed by atoms with Gasteiger partial charge in [0, 0.05) is 31.6 Å². The second-order valence-corrected chi connectivity index (χ2v) is 7.75. The number of carbonyl (C=O) groups is 1. The molecule has 7 heteroatoms. The molecule has 2 heterocycles. The molecule has 2 N–H and O–H groups in total. The van der Waals surface area contributed by atoms with Crippen molar-refractivity contribution in [2.45, 2.75) is 39.4 Å². The van der Waals surface area contributed by atoms with E-state index in [0.29, 0.717) is 37.9 Å². The highest BCUT2D eigenvalue weighted by Crippen LogP contribution is 2.19. The average Bonchev–Trinajstić information content (AvgIpc) is 3.46. The maximum Gasteiger partial charge on any atom is 0.226 e. The highest BCUT2D eigenvalue weighted by Gasteiger charge is 2.20. The third-order valence-electron chi connectivity index (χ3n) is 5.41. The van der Waals surface area contributed by atoms with E-state index in [1.807, 2.05) is 54.3 Å².